The summed E-state index contributed by atoms with van der Waals surface area (Å²) in [5.74, 6) is 0.308. The second-order valence-electron chi connectivity index (χ2n) is 5.62. The number of nitrogens with one attached hydrogen (secondary N) is 1. The van der Waals surface area contributed by atoms with Crippen LogP contribution in [0.15, 0.2) is 65.2 Å². The molecule has 0 aliphatic rings. The molecule has 128 valence electrons. The molecule has 0 radical (unpaired) electrons. The lowest BCUT2D eigenvalue weighted by Gasteiger charge is -2.05. The van der Waals surface area contributed by atoms with E-state index in [1.807, 2.05) is 30.3 Å². The predicted octanol–water partition coefficient (Wildman–Crippen LogP) is 4.12. The summed E-state index contributed by atoms with van der Waals surface area (Å²) in [6, 6.07) is 16.5. The van der Waals surface area contributed by atoms with E-state index < -0.39 is 0 Å². The topological polar surface area (TPSA) is 80.9 Å². The monoisotopic (exact) mass is 364 g/mol. The van der Waals surface area contributed by atoms with Gasteiger partial charge in [0.15, 0.2) is 0 Å². The van der Waals surface area contributed by atoms with Crippen LogP contribution in [-0.4, -0.2) is 21.1 Å². The van der Waals surface area contributed by atoms with E-state index >= 15 is 0 Å². The average Bonchev–Trinajstić information content (AvgIpc) is 3.11. The summed E-state index contributed by atoms with van der Waals surface area (Å²) in [5.41, 5.74) is 2.20. The fourth-order valence-electron chi connectivity index (χ4n) is 2.54. The van der Waals surface area contributed by atoms with Crippen molar-refractivity contribution in [3.8, 4) is 11.5 Å². The van der Waals surface area contributed by atoms with E-state index in [4.69, 9.17) is 16.0 Å². The summed E-state index contributed by atoms with van der Waals surface area (Å²) < 4.78 is 5.62. The van der Waals surface area contributed by atoms with Crippen LogP contribution in [0.1, 0.15) is 5.89 Å². The highest BCUT2D eigenvalue weighted by molar-refractivity contribution is 6.33. The van der Waals surface area contributed by atoms with Gasteiger partial charge in [-0.05, 0) is 36.4 Å². The van der Waals surface area contributed by atoms with Crippen molar-refractivity contribution in [1.82, 2.24) is 15.2 Å². The number of fused-ring (bicyclic) bond motifs is 1. The van der Waals surface area contributed by atoms with Crippen LogP contribution in [0.2, 0.25) is 5.02 Å². The number of halogens is 1. The van der Waals surface area contributed by atoms with Gasteiger partial charge in [0.1, 0.15) is 6.42 Å². The van der Waals surface area contributed by atoms with Crippen molar-refractivity contribution < 1.29 is 9.21 Å². The zero-order valence-corrected chi connectivity index (χ0v) is 14.3. The smallest absolute Gasteiger partial charge is 0.247 e. The van der Waals surface area contributed by atoms with Crippen molar-refractivity contribution in [3.63, 3.8) is 0 Å². The van der Waals surface area contributed by atoms with E-state index in [-0.39, 0.29) is 18.2 Å². The minimum absolute atomic E-state index is 0.0344. The van der Waals surface area contributed by atoms with Gasteiger partial charge in [0.25, 0.3) is 0 Å². The van der Waals surface area contributed by atoms with Gasteiger partial charge in [-0.3, -0.25) is 9.78 Å². The molecule has 0 saturated heterocycles. The number of hydrogen-bond acceptors (Lipinski definition) is 5. The first-order valence-electron chi connectivity index (χ1n) is 7.91. The number of aromatic nitrogens is 3. The highest BCUT2D eigenvalue weighted by Crippen LogP contribution is 2.23. The minimum atomic E-state index is -0.281. The third-order valence-electron chi connectivity index (χ3n) is 3.78. The van der Waals surface area contributed by atoms with Gasteiger partial charge in [0.05, 0.1) is 16.2 Å². The molecule has 0 spiro atoms. The molecule has 0 fully saturated rings. The van der Waals surface area contributed by atoms with Crippen molar-refractivity contribution in [2.24, 2.45) is 0 Å². The van der Waals surface area contributed by atoms with Crippen LogP contribution < -0.4 is 5.32 Å². The fourth-order valence-corrected chi connectivity index (χ4v) is 2.73. The maximum Gasteiger partial charge on any atom is 0.247 e. The van der Waals surface area contributed by atoms with Crippen LogP contribution >= 0.6 is 11.6 Å². The molecule has 0 aliphatic carbocycles. The lowest BCUT2D eigenvalue weighted by Crippen LogP contribution is -2.14. The average molecular weight is 365 g/mol. The Morgan fingerprint density at radius 1 is 1.08 bits per heavy atom. The number of amides is 1. The van der Waals surface area contributed by atoms with Gasteiger partial charge in [-0.15, -0.1) is 10.2 Å². The van der Waals surface area contributed by atoms with Crippen LogP contribution in [0, 0.1) is 0 Å². The predicted molar refractivity (Wildman–Crippen MR) is 98.8 cm³/mol. The largest absolute Gasteiger partial charge is 0.420 e. The summed E-state index contributed by atoms with van der Waals surface area (Å²) in [7, 11) is 0. The van der Waals surface area contributed by atoms with E-state index in [1.165, 1.54) is 0 Å². The lowest BCUT2D eigenvalue weighted by molar-refractivity contribution is -0.115. The van der Waals surface area contributed by atoms with Crippen molar-refractivity contribution in [2.45, 2.75) is 6.42 Å². The van der Waals surface area contributed by atoms with E-state index in [2.05, 4.69) is 20.5 Å². The molecule has 4 rings (SSSR count). The van der Waals surface area contributed by atoms with Gasteiger partial charge in [0.2, 0.25) is 17.7 Å². The normalized spacial score (nSPS) is 10.8. The van der Waals surface area contributed by atoms with Crippen LogP contribution in [0.5, 0.6) is 0 Å². The van der Waals surface area contributed by atoms with Crippen LogP contribution in [-0.2, 0) is 11.2 Å². The van der Waals surface area contributed by atoms with E-state index in [0.29, 0.717) is 16.6 Å². The number of hydrogen-bond donors (Lipinski definition) is 1. The third-order valence-corrected chi connectivity index (χ3v) is 4.11. The molecular formula is C19H13ClN4O2. The first-order chi connectivity index (χ1) is 12.7. The Morgan fingerprint density at radius 2 is 1.96 bits per heavy atom. The van der Waals surface area contributed by atoms with Gasteiger partial charge in [-0.2, -0.15) is 0 Å². The quantitative estimate of drug-likeness (QED) is 0.589. The Kier molecular flexibility index (Phi) is 4.33. The molecule has 0 aliphatic heterocycles. The number of carbonyl (C=O) groups excluding carboxylic acids is 1. The molecule has 0 unspecified atom stereocenters. The maximum absolute atomic E-state index is 12.1. The molecule has 1 amide bonds. The molecule has 0 bridgehead atoms. The summed E-state index contributed by atoms with van der Waals surface area (Å²) in [6.07, 6.45) is 1.71. The van der Waals surface area contributed by atoms with Crippen LogP contribution in [0.3, 0.4) is 0 Å². The zero-order valence-electron chi connectivity index (χ0n) is 13.5. The molecular weight excluding hydrogens is 352 g/mol. The molecule has 0 saturated carbocycles. The fraction of sp³-hybridized carbons (Fsp3) is 0.0526. The first kappa shape index (κ1) is 16.2. The molecule has 2 aromatic carbocycles. The van der Waals surface area contributed by atoms with Crippen LogP contribution in [0.4, 0.5) is 5.69 Å². The van der Waals surface area contributed by atoms with E-state index in [0.717, 1.165) is 16.5 Å². The van der Waals surface area contributed by atoms with Gasteiger partial charge < -0.3 is 9.73 Å². The number of pyridine rings is 1. The van der Waals surface area contributed by atoms with Gasteiger partial charge in [-0.1, -0.05) is 29.8 Å². The van der Waals surface area contributed by atoms with Gasteiger partial charge in [0, 0.05) is 17.1 Å². The number of nitrogens with zero attached hydrogens (tertiary/aromatic N) is 3. The molecule has 26 heavy (non-hydrogen) atoms. The lowest BCUT2D eigenvalue weighted by atomic mass is 10.1. The number of rotatable bonds is 4. The second-order valence-corrected chi connectivity index (χ2v) is 6.02. The van der Waals surface area contributed by atoms with Crippen molar-refractivity contribution in [3.05, 3.63) is 71.7 Å². The zero-order chi connectivity index (χ0) is 17.9. The molecule has 6 nitrogen and oxygen atoms in total. The molecule has 2 aromatic heterocycles. The van der Waals surface area contributed by atoms with E-state index in [9.17, 15) is 4.79 Å². The van der Waals surface area contributed by atoms with Crippen LogP contribution in [0.25, 0.3) is 22.4 Å². The van der Waals surface area contributed by atoms with E-state index in [1.54, 1.807) is 30.5 Å². The molecule has 0 atom stereocenters. The summed E-state index contributed by atoms with van der Waals surface area (Å²) >= 11 is 6.03. The third kappa shape index (κ3) is 3.41. The van der Waals surface area contributed by atoms with Gasteiger partial charge in [-0.25, -0.2) is 0 Å². The Morgan fingerprint density at radius 3 is 2.85 bits per heavy atom. The molecule has 7 heteroatoms. The van der Waals surface area contributed by atoms with Crippen molar-refractivity contribution >= 4 is 34.1 Å². The summed E-state index contributed by atoms with van der Waals surface area (Å²) in [4.78, 5) is 16.4. The highest BCUT2D eigenvalue weighted by atomic mass is 35.5. The standard InChI is InChI=1S/C19H13ClN4O2/c20-14-5-1-2-6-16(14)22-17(25)11-18-23-24-19(26-18)13-7-8-15-12(10-13)4-3-9-21-15/h1-10H,11H2,(H,22,25). The van der Waals surface area contributed by atoms with Crippen molar-refractivity contribution in [2.75, 3.05) is 5.32 Å². The SMILES string of the molecule is O=C(Cc1nnc(-c2ccc3ncccc3c2)o1)Nc1ccccc1Cl. The second kappa shape index (κ2) is 6.93. The number of anilines is 1. The molecule has 4 aromatic rings. The number of para-hydroxylation sites is 1. The molecule has 2 heterocycles. The number of carbonyl (C=O) groups is 1. The highest BCUT2D eigenvalue weighted by Gasteiger charge is 2.14. The van der Waals surface area contributed by atoms with Crippen molar-refractivity contribution in [1.29, 1.82) is 0 Å². The Balaban J connectivity index is 1.50. The minimum Gasteiger partial charge on any atom is -0.420 e. The first-order valence-corrected chi connectivity index (χ1v) is 8.29. The summed E-state index contributed by atoms with van der Waals surface area (Å²) in [5, 5.41) is 12.1. The Bertz CT molecular complexity index is 1090. The maximum atomic E-state index is 12.1. The number of benzene rings is 2. The molecule has 1 N–H and O–H groups in total. The summed E-state index contributed by atoms with van der Waals surface area (Å²) in [6.45, 7) is 0. The van der Waals surface area contributed by atoms with Gasteiger partial charge >= 0.3 is 0 Å². The Hall–Kier alpha value is -3.25. The Labute approximate surface area is 153 Å².